The van der Waals surface area contributed by atoms with E-state index >= 15 is 0 Å². The molecular formula is C13H20IN3O2. The first-order valence-corrected chi connectivity index (χ1v) is 7.60. The minimum absolute atomic E-state index is 0.186. The van der Waals surface area contributed by atoms with Gasteiger partial charge in [0.2, 0.25) is 0 Å². The topological polar surface area (TPSA) is 47.4 Å². The van der Waals surface area contributed by atoms with Crippen LogP contribution in [0.1, 0.15) is 33.6 Å². The molecule has 1 amide bonds. The van der Waals surface area contributed by atoms with Gasteiger partial charge in [-0.1, -0.05) is 0 Å². The number of hydrogen-bond donors (Lipinski definition) is 0. The third-order valence-electron chi connectivity index (χ3n) is 3.00. The van der Waals surface area contributed by atoms with E-state index in [1.54, 1.807) is 0 Å². The Balaban J connectivity index is 1.98. The highest BCUT2D eigenvalue weighted by Gasteiger charge is 2.32. The molecule has 6 heteroatoms. The lowest BCUT2D eigenvalue weighted by Crippen LogP contribution is -2.41. The molecular weight excluding hydrogens is 357 g/mol. The number of rotatable bonds is 2. The van der Waals surface area contributed by atoms with Crippen molar-refractivity contribution in [2.45, 2.75) is 51.8 Å². The summed E-state index contributed by atoms with van der Waals surface area (Å²) in [6.45, 7) is 7.20. The minimum atomic E-state index is -0.439. The number of hydrogen-bond acceptors (Lipinski definition) is 3. The summed E-state index contributed by atoms with van der Waals surface area (Å²) in [5, 5.41) is 4.28. The third-order valence-corrected chi connectivity index (χ3v) is 3.56. The molecule has 2 rings (SSSR count). The molecule has 1 aliphatic rings. The van der Waals surface area contributed by atoms with E-state index in [-0.39, 0.29) is 12.1 Å². The van der Waals surface area contributed by atoms with Crippen molar-refractivity contribution in [3.8, 4) is 0 Å². The summed E-state index contributed by atoms with van der Waals surface area (Å²) >= 11 is 2.24. The summed E-state index contributed by atoms with van der Waals surface area (Å²) in [6.07, 6.45) is 5.65. The van der Waals surface area contributed by atoms with Gasteiger partial charge in [-0.15, -0.1) is 0 Å². The highest BCUT2D eigenvalue weighted by Crippen LogP contribution is 2.22. The summed E-state index contributed by atoms with van der Waals surface area (Å²) in [5.41, 5.74) is -0.439. The van der Waals surface area contributed by atoms with Gasteiger partial charge in [0, 0.05) is 12.7 Å². The fraction of sp³-hybridized carbons (Fsp3) is 0.692. The van der Waals surface area contributed by atoms with Crippen molar-refractivity contribution in [1.29, 1.82) is 0 Å². The molecule has 2 heterocycles. The third kappa shape index (κ3) is 4.09. The van der Waals surface area contributed by atoms with Crippen molar-refractivity contribution in [2.75, 3.05) is 6.54 Å². The highest BCUT2D eigenvalue weighted by molar-refractivity contribution is 14.1. The second-order valence-corrected chi connectivity index (χ2v) is 7.10. The zero-order chi connectivity index (χ0) is 14.0. The van der Waals surface area contributed by atoms with Crippen LogP contribution in [0, 0.1) is 3.57 Å². The maximum absolute atomic E-state index is 12.1. The predicted molar refractivity (Wildman–Crippen MR) is 80.9 cm³/mol. The molecule has 0 radical (unpaired) electrons. The van der Waals surface area contributed by atoms with E-state index in [1.807, 2.05) is 42.7 Å². The van der Waals surface area contributed by atoms with Crippen LogP contribution in [0.5, 0.6) is 0 Å². The van der Waals surface area contributed by atoms with Gasteiger partial charge in [0.05, 0.1) is 22.4 Å². The lowest BCUT2D eigenvalue weighted by Gasteiger charge is -2.28. The maximum atomic E-state index is 12.1. The Labute approximate surface area is 127 Å². The Morgan fingerprint density at radius 2 is 2.32 bits per heavy atom. The Morgan fingerprint density at radius 1 is 1.58 bits per heavy atom. The van der Waals surface area contributed by atoms with Crippen molar-refractivity contribution in [2.24, 2.45) is 0 Å². The Kier molecular flexibility index (Phi) is 4.37. The molecule has 1 aromatic rings. The zero-order valence-electron chi connectivity index (χ0n) is 11.6. The number of carbonyl (C=O) groups is 1. The predicted octanol–water partition coefficient (Wildman–Crippen LogP) is 2.89. The van der Waals surface area contributed by atoms with E-state index in [9.17, 15) is 4.79 Å². The molecule has 0 saturated carbocycles. The number of aromatic nitrogens is 2. The fourth-order valence-electron chi connectivity index (χ4n) is 2.24. The number of likely N-dealkylation sites (tertiary alicyclic amines) is 1. The standard InChI is InChI=1S/C13H20IN3O2/c1-13(2,3)19-12(18)17-6-4-5-11(17)9-16-8-10(14)7-15-16/h7-8,11H,4-6,9H2,1-3H3/t11-/m0/s1. The molecule has 1 aliphatic heterocycles. The van der Waals surface area contributed by atoms with Crippen LogP contribution in [-0.2, 0) is 11.3 Å². The van der Waals surface area contributed by atoms with Gasteiger partial charge in [0.1, 0.15) is 5.60 Å². The molecule has 1 fully saturated rings. The molecule has 19 heavy (non-hydrogen) atoms. The van der Waals surface area contributed by atoms with Crippen LogP contribution in [0.4, 0.5) is 4.79 Å². The van der Waals surface area contributed by atoms with Gasteiger partial charge in [-0.25, -0.2) is 4.79 Å². The van der Waals surface area contributed by atoms with Gasteiger partial charge < -0.3 is 9.64 Å². The molecule has 0 aliphatic carbocycles. The van der Waals surface area contributed by atoms with E-state index in [1.165, 1.54) is 0 Å². The van der Waals surface area contributed by atoms with Crippen molar-refractivity contribution in [3.05, 3.63) is 16.0 Å². The van der Waals surface area contributed by atoms with Crippen LogP contribution in [-0.4, -0.2) is 39.0 Å². The Bertz CT molecular complexity index is 453. The molecule has 1 atom stereocenters. The monoisotopic (exact) mass is 377 g/mol. The number of halogens is 1. The number of amides is 1. The molecule has 0 N–H and O–H groups in total. The Morgan fingerprint density at radius 3 is 2.89 bits per heavy atom. The molecule has 1 aromatic heterocycles. The number of ether oxygens (including phenoxy) is 1. The van der Waals surface area contributed by atoms with Gasteiger partial charge in [-0.3, -0.25) is 4.68 Å². The first-order valence-electron chi connectivity index (χ1n) is 6.53. The first-order chi connectivity index (χ1) is 8.85. The molecule has 0 bridgehead atoms. The molecule has 0 unspecified atom stereocenters. The van der Waals surface area contributed by atoms with Gasteiger partial charge in [-0.05, 0) is 56.2 Å². The summed E-state index contributed by atoms with van der Waals surface area (Å²) in [5.74, 6) is 0. The second-order valence-electron chi connectivity index (χ2n) is 5.85. The average molecular weight is 377 g/mol. The number of carbonyl (C=O) groups excluding carboxylic acids is 1. The van der Waals surface area contributed by atoms with Gasteiger partial charge in [-0.2, -0.15) is 5.10 Å². The lowest BCUT2D eigenvalue weighted by atomic mass is 10.2. The zero-order valence-corrected chi connectivity index (χ0v) is 13.8. The normalized spacial score (nSPS) is 19.8. The van der Waals surface area contributed by atoms with Crippen LogP contribution < -0.4 is 0 Å². The molecule has 106 valence electrons. The van der Waals surface area contributed by atoms with Crippen molar-refractivity contribution in [3.63, 3.8) is 0 Å². The quantitative estimate of drug-likeness (QED) is 0.745. The highest BCUT2D eigenvalue weighted by atomic mass is 127. The van der Waals surface area contributed by atoms with E-state index in [0.29, 0.717) is 0 Å². The van der Waals surface area contributed by atoms with Gasteiger partial charge in [0.25, 0.3) is 0 Å². The lowest BCUT2D eigenvalue weighted by molar-refractivity contribution is 0.0211. The molecule has 0 spiro atoms. The van der Waals surface area contributed by atoms with Crippen LogP contribution >= 0.6 is 22.6 Å². The Hall–Kier alpha value is -0.790. The summed E-state index contributed by atoms with van der Waals surface area (Å²) in [7, 11) is 0. The fourth-order valence-corrected chi connectivity index (χ4v) is 2.69. The summed E-state index contributed by atoms with van der Waals surface area (Å²) in [6, 6.07) is 0.186. The average Bonchev–Trinajstić information content (AvgIpc) is 2.86. The van der Waals surface area contributed by atoms with Crippen LogP contribution in [0.2, 0.25) is 0 Å². The van der Waals surface area contributed by atoms with E-state index < -0.39 is 5.60 Å². The molecule has 0 aromatic carbocycles. The van der Waals surface area contributed by atoms with Crippen LogP contribution in [0.3, 0.4) is 0 Å². The summed E-state index contributed by atoms with van der Waals surface area (Å²) < 4.78 is 8.46. The largest absolute Gasteiger partial charge is 0.444 e. The van der Waals surface area contributed by atoms with Crippen LogP contribution in [0.25, 0.3) is 0 Å². The smallest absolute Gasteiger partial charge is 0.410 e. The van der Waals surface area contributed by atoms with Gasteiger partial charge >= 0.3 is 6.09 Å². The second kappa shape index (κ2) is 5.68. The maximum Gasteiger partial charge on any atom is 0.410 e. The van der Waals surface area contributed by atoms with E-state index in [0.717, 1.165) is 29.5 Å². The number of nitrogens with zero attached hydrogens (tertiary/aromatic N) is 3. The van der Waals surface area contributed by atoms with E-state index in [2.05, 4.69) is 27.7 Å². The first kappa shape index (κ1) is 14.6. The molecule has 1 saturated heterocycles. The SMILES string of the molecule is CC(C)(C)OC(=O)N1CCC[C@H]1Cn1cc(I)cn1. The summed E-state index contributed by atoms with van der Waals surface area (Å²) in [4.78, 5) is 14.0. The van der Waals surface area contributed by atoms with Crippen molar-refractivity contribution >= 4 is 28.7 Å². The minimum Gasteiger partial charge on any atom is -0.444 e. The van der Waals surface area contributed by atoms with Crippen molar-refractivity contribution in [1.82, 2.24) is 14.7 Å². The van der Waals surface area contributed by atoms with Crippen molar-refractivity contribution < 1.29 is 9.53 Å². The van der Waals surface area contributed by atoms with E-state index in [4.69, 9.17) is 4.74 Å². The molecule has 5 nitrogen and oxygen atoms in total. The van der Waals surface area contributed by atoms with Gasteiger partial charge in [0.15, 0.2) is 0 Å². The van der Waals surface area contributed by atoms with Crippen LogP contribution in [0.15, 0.2) is 12.4 Å².